The van der Waals surface area contributed by atoms with Crippen LogP contribution in [0.1, 0.15) is 37.7 Å². The van der Waals surface area contributed by atoms with E-state index in [0.717, 1.165) is 31.2 Å². The van der Waals surface area contributed by atoms with E-state index < -0.39 is 5.54 Å². The molecule has 1 heterocycles. The van der Waals surface area contributed by atoms with Crippen LogP contribution in [0.25, 0.3) is 0 Å². The van der Waals surface area contributed by atoms with Crippen molar-refractivity contribution < 1.29 is 14.6 Å². The van der Waals surface area contributed by atoms with Gasteiger partial charge in [0.05, 0.1) is 5.56 Å². The number of aromatic hydroxyl groups is 1. The van der Waals surface area contributed by atoms with Gasteiger partial charge in [-0.25, -0.2) is 0 Å². The summed E-state index contributed by atoms with van der Waals surface area (Å²) < 4.78 is 10.8. The average molecular weight is 235 g/mol. The summed E-state index contributed by atoms with van der Waals surface area (Å²) in [6.07, 6.45) is 5.19. The highest BCUT2D eigenvalue weighted by Gasteiger charge is 2.37. The van der Waals surface area contributed by atoms with Crippen molar-refractivity contribution in [1.29, 1.82) is 0 Å². The monoisotopic (exact) mass is 235 g/mol. The zero-order valence-corrected chi connectivity index (χ0v) is 9.74. The van der Waals surface area contributed by atoms with E-state index in [4.69, 9.17) is 15.2 Å². The number of benzene rings is 1. The van der Waals surface area contributed by atoms with Gasteiger partial charge in [-0.3, -0.25) is 0 Å². The standard InChI is InChI=1S/C13H17NO3/c14-13(6-2-1-3-7-13)11-9(15)4-5-10-12(11)17-8-16-10/h4-5,15H,1-3,6-8,14H2. The van der Waals surface area contributed by atoms with Crippen molar-refractivity contribution in [3.05, 3.63) is 17.7 Å². The minimum Gasteiger partial charge on any atom is -0.507 e. The van der Waals surface area contributed by atoms with E-state index in [1.807, 2.05) is 0 Å². The quantitative estimate of drug-likeness (QED) is 0.783. The molecule has 2 aliphatic rings. The van der Waals surface area contributed by atoms with Gasteiger partial charge in [0.1, 0.15) is 5.75 Å². The number of nitrogens with two attached hydrogens (primary N) is 1. The van der Waals surface area contributed by atoms with E-state index in [-0.39, 0.29) is 12.5 Å². The first-order valence-electron chi connectivity index (χ1n) is 6.12. The van der Waals surface area contributed by atoms with Gasteiger partial charge in [-0.05, 0) is 25.0 Å². The molecule has 92 valence electrons. The first-order valence-corrected chi connectivity index (χ1v) is 6.12. The fourth-order valence-corrected chi connectivity index (χ4v) is 2.88. The van der Waals surface area contributed by atoms with Crippen molar-refractivity contribution in [3.8, 4) is 17.2 Å². The van der Waals surface area contributed by atoms with Crippen molar-refractivity contribution >= 4 is 0 Å². The van der Waals surface area contributed by atoms with Crippen LogP contribution in [0.2, 0.25) is 0 Å². The second-order valence-corrected chi connectivity index (χ2v) is 4.91. The number of hydrogen-bond acceptors (Lipinski definition) is 4. The van der Waals surface area contributed by atoms with Crippen LogP contribution in [0, 0.1) is 0 Å². The van der Waals surface area contributed by atoms with E-state index in [0.29, 0.717) is 11.5 Å². The molecular weight excluding hydrogens is 218 g/mol. The lowest BCUT2D eigenvalue weighted by Gasteiger charge is -2.34. The smallest absolute Gasteiger partial charge is 0.231 e. The third kappa shape index (κ3) is 1.63. The number of phenolic OH excluding ortho intramolecular Hbond substituents is 1. The molecule has 17 heavy (non-hydrogen) atoms. The SMILES string of the molecule is NC1(c2c(O)ccc3c2OCO3)CCCCC1. The molecule has 0 spiro atoms. The van der Waals surface area contributed by atoms with Crippen LogP contribution >= 0.6 is 0 Å². The van der Waals surface area contributed by atoms with E-state index in [1.54, 1.807) is 12.1 Å². The van der Waals surface area contributed by atoms with Gasteiger partial charge in [0, 0.05) is 5.54 Å². The predicted molar refractivity (Wildman–Crippen MR) is 63.2 cm³/mol. The fourth-order valence-electron chi connectivity index (χ4n) is 2.88. The highest BCUT2D eigenvalue weighted by atomic mass is 16.7. The Morgan fingerprint density at radius 3 is 2.65 bits per heavy atom. The lowest BCUT2D eigenvalue weighted by molar-refractivity contribution is 0.170. The third-order valence-electron chi connectivity index (χ3n) is 3.76. The molecule has 1 saturated carbocycles. The molecule has 0 bridgehead atoms. The minimum atomic E-state index is -0.471. The van der Waals surface area contributed by atoms with Gasteiger partial charge in [-0.1, -0.05) is 19.3 Å². The molecule has 1 aliphatic carbocycles. The molecule has 0 saturated heterocycles. The molecule has 4 nitrogen and oxygen atoms in total. The number of fused-ring (bicyclic) bond motifs is 1. The molecule has 4 heteroatoms. The Kier molecular flexibility index (Phi) is 2.40. The molecule has 1 aliphatic heterocycles. The fraction of sp³-hybridized carbons (Fsp3) is 0.538. The maximum atomic E-state index is 10.1. The molecule has 3 N–H and O–H groups in total. The highest BCUT2D eigenvalue weighted by molar-refractivity contribution is 5.57. The van der Waals surface area contributed by atoms with E-state index in [9.17, 15) is 5.11 Å². The van der Waals surface area contributed by atoms with Gasteiger partial charge < -0.3 is 20.3 Å². The molecule has 1 fully saturated rings. The Morgan fingerprint density at radius 1 is 1.12 bits per heavy atom. The summed E-state index contributed by atoms with van der Waals surface area (Å²) >= 11 is 0. The van der Waals surface area contributed by atoms with Crippen LogP contribution in [-0.4, -0.2) is 11.9 Å². The molecule has 1 aromatic carbocycles. The summed E-state index contributed by atoms with van der Waals surface area (Å²) in [5.74, 6) is 1.54. The summed E-state index contributed by atoms with van der Waals surface area (Å²) in [4.78, 5) is 0. The van der Waals surface area contributed by atoms with Crippen molar-refractivity contribution in [2.75, 3.05) is 6.79 Å². The second kappa shape index (κ2) is 3.81. The Morgan fingerprint density at radius 2 is 1.88 bits per heavy atom. The van der Waals surface area contributed by atoms with Crippen molar-refractivity contribution in [3.63, 3.8) is 0 Å². The van der Waals surface area contributed by atoms with Gasteiger partial charge in [-0.15, -0.1) is 0 Å². The van der Waals surface area contributed by atoms with Crippen molar-refractivity contribution in [1.82, 2.24) is 0 Å². The first-order chi connectivity index (χ1) is 8.21. The van der Waals surface area contributed by atoms with E-state index in [1.165, 1.54) is 6.42 Å². The topological polar surface area (TPSA) is 64.7 Å². The van der Waals surface area contributed by atoms with Gasteiger partial charge in [0.15, 0.2) is 11.5 Å². The Labute approximate surface area is 100 Å². The van der Waals surface area contributed by atoms with Gasteiger partial charge >= 0.3 is 0 Å². The largest absolute Gasteiger partial charge is 0.507 e. The van der Waals surface area contributed by atoms with Crippen LogP contribution in [-0.2, 0) is 5.54 Å². The molecule has 0 aromatic heterocycles. The summed E-state index contributed by atoms with van der Waals surface area (Å²) in [6, 6.07) is 3.37. The molecule has 0 amide bonds. The molecular formula is C13H17NO3. The first kappa shape index (κ1) is 10.7. The van der Waals surface area contributed by atoms with Crippen LogP contribution < -0.4 is 15.2 Å². The van der Waals surface area contributed by atoms with Crippen molar-refractivity contribution in [2.24, 2.45) is 5.73 Å². The van der Waals surface area contributed by atoms with Crippen LogP contribution in [0.3, 0.4) is 0 Å². The van der Waals surface area contributed by atoms with E-state index in [2.05, 4.69) is 0 Å². The van der Waals surface area contributed by atoms with Crippen LogP contribution in [0.5, 0.6) is 17.2 Å². The maximum Gasteiger partial charge on any atom is 0.231 e. The summed E-state index contributed by atoms with van der Waals surface area (Å²) in [5.41, 5.74) is 6.72. The predicted octanol–water partition coefficient (Wildman–Crippen LogP) is 2.24. The number of rotatable bonds is 1. The molecule has 1 aromatic rings. The number of ether oxygens (including phenoxy) is 2. The number of hydrogen-bond donors (Lipinski definition) is 2. The highest BCUT2D eigenvalue weighted by Crippen LogP contribution is 2.49. The minimum absolute atomic E-state index is 0.210. The van der Waals surface area contributed by atoms with Gasteiger partial charge in [0.2, 0.25) is 6.79 Å². The van der Waals surface area contributed by atoms with Gasteiger partial charge in [-0.2, -0.15) is 0 Å². The summed E-state index contributed by atoms with van der Waals surface area (Å²) in [7, 11) is 0. The lowest BCUT2D eigenvalue weighted by Crippen LogP contribution is -2.38. The normalized spacial score (nSPS) is 21.5. The summed E-state index contributed by atoms with van der Waals surface area (Å²) in [6.45, 7) is 0.210. The molecule has 0 unspecified atom stereocenters. The lowest BCUT2D eigenvalue weighted by atomic mass is 9.76. The second-order valence-electron chi connectivity index (χ2n) is 4.91. The van der Waals surface area contributed by atoms with Crippen LogP contribution in [0.4, 0.5) is 0 Å². The Balaban J connectivity index is 2.10. The zero-order valence-electron chi connectivity index (χ0n) is 9.74. The Bertz CT molecular complexity index is 439. The van der Waals surface area contributed by atoms with E-state index >= 15 is 0 Å². The molecule has 0 radical (unpaired) electrons. The van der Waals surface area contributed by atoms with Gasteiger partial charge in [0.25, 0.3) is 0 Å². The Hall–Kier alpha value is -1.42. The van der Waals surface area contributed by atoms with Crippen LogP contribution in [0.15, 0.2) is 12.1 Å². The summed E-state index contributed by atoms with van der Waals surface area (Å²) in [5, 5.41) is 10.1. The number of phenols is 1. The maximum absolute atomic E-state index is 10.1. The molecule has 0 atom stereocenters. The zero-order chi connectivity index (χ0) is 11.9. The molecule has 3 rings (SSSR count). The average Bonchev–Trinajstić information content (AvgIpc) is 2.77. The third-order valence-corrected chi connectivity index (χ3v) is 3.76. The van der Waals surface area contributed by atoms with Crippen molar-refractivity contribution in [2.45, 2.75) is 37.6 Å².